The molecule has 2 aliphatic heterocycles. The van der Waals surface area contributed by atoms with E-state index in [-0.39, 0.29) is 11.8 Å². The van der Waals surface area contributed by atoms with Crippen LogP contribution in [0.1, 0.15) is 61.4 Å². The molecule has 1 aliphatic carbocycles. The quantitative estimate of drug-likeness (QED) is 0.312. The van der Waals surface area contributed by atoms with Gasteiger partial charge in [0.15, 0.2) is 0 Å². The van der Waals surface area contributed by atoms with E-state index in [0.717, 1.165) is 71.5 Å². The summed E-state index contributed by atoms with van der Waals surface area (Å²) in [5.74, 6) is 1.25. The molecule has 1 saturated carbocycles. The van der Waals surface area contributed by atoms with Gasteiger partial charge in [-0.15, -0.1) is 0 Å². The number of nitrogens with zero attached hydrogens (tertiary/aromatic N) is 2. The Bertz CT molecular complexity index is 1560. The molecule has 3 heterocycles. The van der Waals surface area contributed by atoms with Crippen molar-refractivity contribution in [2.75, 3.05) is 18.4 Å². The van der Waals surface area contributed by atoms with Gasteiger partial charge in [0.2, 0.25) is 5.91 Å². The van der Waals surface area contributed by atoms with E-state index in [1.165, 1.54) is 5.56 Å². The number of hydrogen-bond acceptors (Lipinski definition) is 4. The number of nitrogens with one attached hydrogen (secondary N) is 2. The Morgan fingerprint density at radius 2 is 1.82 bits per heavy atom. The number of likely N-dealkylation sites (tertiary alicyclic amines) is 1. The van der Waals surface area contributed by atoms with Crippen LogP contribution >= 0.6 is 0 Å². The zero-order valence-electron chi connectivity index (χ0n) is 22.5. The van der Waals surface area contributed by atoms with Crippen LogP contribution in [-0.4, -0.2) is 46.2 Å². The predicted molar refractivity (Wildman–Crippen MR) is 156 cm³/mol. The Morgan fingerprint density at radius 3 is 2.62 bits per heavy atom. The van der Waals surface area contributed by atoms with E-state index in [4.69, 9.17) is 4.74 Å². The first-order valence-electron chi connectivity index (χ1n) is 14.1. The molecule has 6 nitrogen and oxygen atoms in total. The molecule has 6 heteroatoms. The first kappa shape index (κ1) is 24.2. The predicted octanol–water partition coefficient (Wildman–Crippen LogP) is 6.36. The third kappa shape index (κ3) is 4.23. The maximum Gasteiger partial charge on any atom is 0.235 e. The first-order chi connectivity index (χ1) is 19.0. The fraction of sp³-hybridized carbons (Fsp3) is 0.333. The molecule has 1 saturated heterocycles. The number of para-hydroxylation sites is 1. The number of rotatable bonds is 6. The number of fused-ring (bicyclic) bond motifs is 3. The van der Waals surface area contributed by atoms with Gasteiger partial charge in [0.25, 0.3) is 0 Å². The van der Waals surface area contributed by atoms with Crippen LogP contribution in [0.3, 0.4) is 0 Å². The highest BCUT2D eigenvalue weighted by Crippen LogP contribution is 2.65. The normalized spacial score (nSPS) is 23.2. The lowest BCUT2D eigenvalue weighted by molar-refractivity contribution is -0.118. The number of ether oxygens (including phenoxy) is 1. The zero-order chi connectivity index (χ0) is 26.6. The second-order valence-corrected chi connectivity index (χ2v) is 11.5. The minimum absolute atomic E-state index is 0.120. The average Bonchev–Trinajstić information content (AvgIpc) is 3.49. The molecule has 2 atom stereocenters. The third-order valence-electron chi connectivity index (χ3n) is 8.86. The maximum absolute atomic E-state index is 12.9. The van der Waals surface area contributed by atoms with Gasteiger partial charge in [-0.2, -0.15) is 5.10 Å². The summed E-state index contributed by atoms with van der Waals surface area (Å²) in [6, 6.07) is 23.4. The van der Waals surface area contributed by atoms with Gasteiger partial charge < -0.3 is 15.0 Å². The standard InChI is InChI=1S/C33H34N4O2/c1-21(2)37-17-15-25(16-18-37)39-24-11-7-22(8-12-24)9-14-29-26-13-10-23(19-31(26)36-35-29)28-20-33(28)27-5-3-4-6-30(27)34-32(33)38/h3-14,19,21,25,28H,15-18,20H2,1-2H3,(H,34,38)(H,35,36)/b14-9+. The summed E-state index contributed by atoms with van der Waals surface area (Å²) in [7, 11) is 0. The Labute approximate surface area is 229 Å². The molecule has 3 aromatic carbocycles. The molecule has 2 N–H and O–H groups in total. The van der Waals surface area contributed by atoms with E-state index in [1.807, 2.05) is 18.2 Å². The zero-order valence-corrected chi connectivity index (χ0v) is 22.5. The van der Waals surface area contributed by atoms with Crippen molar-refractivity contribution in [3.63, 3.8) is 0 Å². The number of H-pyrrole nitrogens is 1. The summed E-state index contributed by atoms with van der Waals surface area (Å²) >= 11 is 0. The lowest BCUT2D eigenvalue weighted by Gasteiger charge is -2.34. The van der Waals surface area contributed by atoms with Gasteiger partial charge in [0.1, 0.15) is 11.9 Å². The van der Waals surface area contributed by atoms with Crippen molar-refractivity contribution < 1.29 is 9.53 Å². The van der Waals surface area contributed by atoms with E-state index in [2.05, 4.69) is 94.9 Å². The van der Waals surface area contributed by atoms with Gasteiger partial charge in [0.05, 0.1) is 16.6 Å². The fourth-order valence-corrected chi connectivity index (χ4v) is 6.49. The molecule has 39 heavy (non-hydrogen) atoms. The van der Waals surface area contributed by atoms with Crippen LogP contribution in [0.2, 0.25) is 0 Å². The van der Waals surface area contributed by atoms with Crippen molar-refractivity contribution in [3.8, 4) is 5.75 Å². The van der Waals surface area contributed by atoms with Crippen LogP contribution in [0.25, 0.3) is 23.1 Å². The van der Waals surface area contributed by atoms with E-state index < -0.39 is 5.41 Å². The highest BCUT2D eigenvalue weighted by molar-refractivity contribution is 6.09. The molecule has 2 unspecified atom stereocenters. The highest BCUT2D eigenvalue weighted by Gasteiger charge is 2.65. The summed E-state index contributed by atoms with van der Waals surface area (Å²) in [5.41, 5.74) is 5.84. The van der Waals surface area contributed by atoms with Gasteiger partial charge in [-0.25, -0.2) is 0 Å². The van der Waals surface area contributed by atoms with Gasteiger partial charge >= 0.3 is 0 Å². The average molecular weight is 519 g/mol. The fourth-order valence-electron chi connectivity index (χ4n) is 6.49. The molecule has 4 aromatic rings. The van der Waals surface area contributed by atoms with Crippen molar-refractivity contribution in [2.24, 2.45) is 0 Å². The molecule has 1 spiro atoms. The second-order valence-electron chi connectivity index (χ2n) is 11.5. The number of piperidine rings is 1. The van der Waals surface area contributed by atoms with E-state index in [0.29, 0.717) is 12.1 Å². The summed E-state index contributed by atoms with van der Waals surface area (Å²) < 4.78 is 6.25. The highest BCUT2D eigenvalue weighted by atomic mass is 16.5. The molecule has 1 aromatic heterocycles. The number of carbonyl (C=O) groups is 1. The second kappa shape index (κ2) is 9.38. The van der Waals surface area contributed by atoms with Crippen molar-refractivity contribution in [1.29, 1.82) is 0 Å². The number of hydrogen-bond donors (Lipinski definition) is 2. The van der Waals surface area contributed by atoms with Gasteiger partial charge in [-0.1, -0.05) is 48.5 Å². The lowest BCUT2D eigenvalue weighted by atomic mass is 9.92. The molecule has 7 rings (SSSR count). The van der Waals surface area contributed by atoms with E-state index >= 15 is 0 Å². The Kier molecular flexibility index (Phi) is 5.81. The molecular weight excluding hydrogens is 484 g/mol. The largest absolute Gasteiger partial charge is 0.490 e. The molecule has 3 aliphatic rings. The summed E-state index contributed by atoms with van der Waals surface area (Å²) in [5, 5.41) is 11.9. The van der Waals surface area contributed by atoms with E-state index in [1.54, 1.807) is 0 Å². The van der Waals surface area contributed by atoms with Crippen LogP contribution in [0.4, 0.5) is 5.69 Å². The Balaban J connectivity index is 1.02. The van der Waals surface area contributed by atoms with Crippen LogP contribution in [0.5, 0.6) is 5.75 Å². The molecular formula is C33H34N4O2. The number of amides is 1. The minimum Gasteiger partial charge on any atom is -0.490 e. The third-order valence-corrected chi connectivity index (χ3v) is 8.86. The SMILES string of the molecule is CC(C)N1CCC(Oc2ccc(/C=C/c3n[nH]c4cc(C5CC56C(=O)Nc5ccccc56)ccc34)cc2)CC1. The summed E-state index contributed by atoms with van der Waals surface area (Å²) in [6.45, 7) is 6.73. The number of aromatic nitrogens is 2. The van der Waals surface area contributed by atoms with Gasteiger partial charge in [0, 0.05) is 36.1 Å². The lowest BCUT2D eigenvalue weighted by Crippen LogP contribution is -2.41. The maximum atomic E-state index is 12.9. The van der Waals surface area contributed by atoms with Crippen LogP contribution in [0.15, 0.2) is 66.7 Å². The van der Waals surface area contributed by atoms with Crippen LogP contribution < -0.4 is 10.1 Å². The number of carbonyl (C=O) groups excluding carboxylic acids is 1. The summed E-state index contributed by atoms with van der Waals surface area (Å²) in [6.07, 6.45) is 7.44. The monoisotopic (exact) mass is 518 g/mol. The van der Waals surface area contributed by atoms with Crippen LogP contribution in [-0.2, 0) is 10.2 Å². The van der Waals surface area contributed by atoms with Crippen molar-refractivity contribution in [2.45, 2.75) is 56.6 Å². The number of anilines is 1. The van der Waals surface area contributed by atoms with E-state index in [9.17, 15) is 4.79 Å². The molecule has 198 valence electrons. The number of benzene rings is 3. The van der Waals surface area contributed by atoms with Crippen LogP contribution in [0, 0.1) is 0 Å². The Morgan fingerprint density at radius 1 is 1.03 bits per heavy atom. The summed E-state index contributed by atoms with van der Waals surface area (Å²) in [4.78, 5) is 15.4. The first-order valence-corrected chi connectivity index (χ1v) is 14.1. The molecule has 1 amide bonds. The molecule has 0 radical (unpaired) electrons. The van der Waals surface area contributed by atoms with Crippen molar-refractivity contribution in [1.82, 2.24) is 15.1 Å². The molecule has 2 fully saturated rings. The van der Waals surface area contributed by atoms with Crippen molar-refractivity contribution in [3.05, 3.63) is 89.1 Å². The Hall–Kier alpha value is -3.90. The van der Waals surface area contributed by atoms with Gasteiger partial charge in [-0.3, -0.25) is 9.89 Å². The number of aromatic amines is 1. The smallest absolute Gasteiger partial charge is 0.235 e. The molecule has 0 bridgehead atoms. The minimum atomic E-state index is -0.422. The van der Waals surface area contributed by atoms with Gasteiger partial charge in [-0.05, 0) is 80.1 Å². The topological polar surface area (TPSA) is 70.2 Å². The van der Waals surface area contributed by atoms with Crippen molar-refractivity contribution >= 4 is 34.6 Å².